The Morgan fingerprint density at radius 1 is 1.29 bits per heavy atom. The van der Waals surface area contributed by atoms with Crippen molar-refractivity contribution in [3.8, 4) is 0 Å². The summed E-state index contributed by atoms with van der Waals surface area (Å²) in [6.45, 7) is 11.9. The van der Waals surface area contributed by atoms with Crippen molar-refractivity contribution in [2.75, 3.05) is 6.79 Å². The molecule has 0 radical (unpaired) electrons. The van der Waals surface area contributed by atoms with E-state index in [2.05, 4.69) is 34.3 Å². The number of hydrogen-bond donors (Lipinski definition) is 0. The number of carbonyl (C=O) groups excluding carboxylic acids is 1. The molecule has 0 amide bonds. The third-order valence-corrected chi connectivity index (χ3v) is 3.23. The summed E-state index contributed by atoms with van der Waals surface area (Å²) in [4.78, 5) is 16.6. The Morgan fingerprint density at radius 3 is 2.29 bits per heavy atom. The Labute approximate surface area is 104 Å². The number of esters is 1. The fraction of sp³-hybridized carbons (Fsp3) is 0.769. The second-order valence-corrected chi connectivity index (χ2v) is 5.69. The topological polar surface area (TPSA) is 38.8 Å². The van der Waals surface area contributed by atoms with E-state index >= 15 is 0 Å². The van der Waals surface area contributed by atoms with Gasteiger partial charge in [0, 0.05) is 17.2 Å². The number of rotatable bonds is 4. The minimum absolute atomic E-state index is 0.0393. The lowest BCUT2D eigenvalue weighted by molar-refractivity contribution is -0.310. The number of nitrogens with zero attached hydrogens (tertiary/aromatic N) is 1. The molecule has 0 N–H and O–H groups in total. The second-order valence-electron chi connectivity index (χ2n) is 5.69. The van der Waals surface area contributed by atoms with E-state index in [1.54, 1.807) is 0 Å². The van der Waals surface area contributed by atoms with Gasteiger partial charge < -0.3 is 4.74 Å². The summed E-state index contributed by atoms with van der Waals surface area (Å²) in [6, 6.07) is 0. The fourth-order valence-electron chi connectivity index (χ4n) is 2.52. The summed E-state index contributed by atoms with van der Waals surface area (Å²) in [5.74, 6) is -0.461. The van der Waals surface area contributed by atoms with E-state index in [0.29, 0.717) is 0 Å². The van der Waals surface area contributed by atoms with Gasteiger partial charge in [0.1, 0.15) is 0 Å². The highest BCUT2D eigenvalue weighted by molar-refractivity contribution is 5.81. The molecule has 1 heterocycles. The minimum Gasteiger partial charge on any atom is -0.434 e. The predicted octanol–water partition coefficient (Wildman–Crippen LogP) is 2.65. The van der Waals surface area contributed by atoms with Crippen molar-refractivity contribution in [3.05, 3.63) is 12.7 Å². The van der Waals surface area contributed by atoms with Crippen LogP contribution in [0.25, 0.3) is 0 Å². The van der Waals surface area contributed by atoms with Gasteiger partial charge in [0.25, 0.3) is 0 Å². The third kappa shape index (κ3) is 3.54. The van der Waals surface area contributed by atoms with E-state index in [0.717, 1.165) is 18.9 Å². The van der Waals surface area contributed by atoms with Crippen LogP contribution in [0.5, 0.6) is 0 Å². The zero-order valence-corrected chi connectivity index (χ0v) is 11.3. The van der Waals surface area contributed by atoms with Crippen LogP contribution in [0, 0.1) is 0 Å². The Balaban J connectivity index is 2.58. The molecule has 0 unspecified atom stereocenters. The molecule has 4 nitrogen and oxygen atoms in total. The van der Waals surface area contributed by atoms with E-state index in [4.69, 9.17) is 9.57 Å². The average molecular weight is 241 g/mol. The van der Waals surface area contributed by atoms with Crippen molar-refractivity contribution in [3.63, 3.8) is 0 Å². The molecule has 1 rings (SSSR count). The largest absolute Gasteiger partial charge is 0.434 e. The first-order valence-electron chi connectivity index (χ1n) is 6.02. The van der Waals surface area contributed by atoms with Crippen molar-refractivity contribution in [2.24, 2.45) is 0 Å². The smallest absolute Gasteiger partial charge is 0.332 e. The monoisotopic (exact) mass is 241 g/mol. The summed E-state index contributed by atoms with van der Waals surface area (Å²) in [6.07, 6.45) is 4.47. The van der Waals surface area contributed by atoms with Gasteiger partial charge in [0.15, 0.2) is 0 Å². The van der Waals surface area contributed by atoms with Crippen molar-refractivity contribution < 1.29 is 14.4 Å². The van der Waals surface area contributed by atoms with E-state index in [1.165, 1.54) is 6.42 Å². The third-order valence-electron chi connectivity index (χ3n) is 3.23. The lowest BCUT2D eigenvalue weighted by Gasteiger charge is -2.50. The maximum absolute atomic E-state index is 10.9. The van der Waals surface area contributed by atoms with Crippen molar-refractivity contribution in [1.82, 2.24) is 5.06 Å². The molecule has 0 aromatic heterocycles. The summed E-state index contributed by atoms with van der Waals surface area (Å²) in [5.41, 5.74) is -0.0787. The standard InChI is InChI=1S/C13H23NO3/c1-6-11(15)16-10-17-14-12(2,3)8-7-9-13(14,4)5/h6H,1,7-10H2,2-5H3. The summed E-state index contributed by atoms with van der Waals surface area (Å²) in [7, 11) is 0. The lowest BCUT2D eigenvalue weighted by atomic mass is 9.82. The molecule has 1 aliphatic heterocycles. The van der Waals surface area contributed by atoms with Crippen LogP contribution in [0.3, 0.4) is 0 Å². The molecule has 0 saturated carbocycles. The molecule has 0 aliphatic carbocycles. The average Bonchev–Trinajstić information content (AvgIpc) is 2.21. The predicted molar refractivity (Wildman–Crippen MR) is 66.1 cm³/mol. The Bertz CT molecular complexity index is 281. The van der Waals surface area contributed by atoms with Gasteiger partial charge in [-0.05, 0) is 47.0 Å². The van der Waals surface area contributed by atoms with Crippen molar-refractivity contribution in [1.29, 1.82) is 0 Å². The van der Waals surface area contributed by atoms with Gasteiger partial charge in [-0.3, -0.25) is 4.84 Å². The fourth-order valence-corrected chi connectivity index (χ4v) is 2.52. The van der Waals surface area contributed by atoms with E-state index in [9.17, 15) is 4.79 Å². The molecule has 0 aromatic carbocycles. The molecule has 1 aliphatic rings. The van der Waals surface area contributed by atoms with Crippen LogP contribution in [-0.4, -0.2) is 28.9 Å². The summed E-state index contributed by atoms with van der Waals surface area (Å²) in [5, 5.41) is 1.96. The molecular weight excluding hydrogens is 218 g/mol. The minimum atomic E-state index is -0.461. The van der Waals surface area contributed by atoms with Crippen LogP contribution >= 0.6 is 0 Å². The van der Waals surface area contributed by atoms with Crippen LogP contribution < -0.4 is 0 Å². The first-order chi connectivity index (χ1) is 7.79. The molecule has 98 valence electrons. The number of piperidine rings is 1. The van der Waals surface area contributed by atoms with Crippen LogP contribution in [0.1, 0.15) is 47.0 Å². The summed E-state index contributed by atoms with van der Waals surface area (Å²) < 4.78 is 4.86. The van der Waals surface area contributed by atoms with E-state index in [1.807, 2.05) is 5.06 Å². The Kier molecular flexibility index (Phi) is 4.33. The van der Waals surface area contributed by atoms with E-state index < -0.39 is 5.97 Å². The molecule has 0 aromatic rings. The van der Waals surface area contributed by atoms with Gasteiger partial charge >= 0.3 is 5.97 Å². The molecule has 17 heavy (non-hydrogen) atoms. The lowest BCUT2D eigenvalue weighted by Crippen LogP contribution is -2.58. The van der Waals surface area contributed by atoms with Crippen LogP contribution in [0.4, 0.5) is 0 Å². The molecular formula is C13H23NO3. The summed E-state index contributed by atoms with van der Waals surface area (Å²) >= 11 is 0. The van der Waals surface area contributed by atoms with Gasteiger partial charge in [-0.25, -0.2) is 4.79 Å². The van der Waals surface area contributed by atoms with Crippen LogP contribution in [0.15, 0.2) is 12.7 Å². The van der Waals surface area contributed by atoms with Gasteiger partial charge in [-0.15, -0.1) is 0 Å². The first-order valence-corrected chi connectivity index (χ1v) is 6.02. The van der Waals surface area contributed by atoms with E-state index in [-0.39, 0.29) is 17.9 Å². The zero-order valence-electron chi connectivity index (χ0n) is 11.3. The number of carbonyl (C=O) groups is 1. The molecule has 0 bridgehead atoms. The van der Waals surface area contributed by atoms with Gasteiger partial charge in [-0.1, -0.05) is 6.58 Å². The highest BCUT2D eigenvalue weighted by Gasteiger charge is 2.42. The number of hydroxylamine groups is 2. The van der Waals surface area contributed by atoms with Crippen LogP contribution in [-0.2, 0) is 14.4 Å². The molecule has 1 saturated heterocycles. The molecule has 0 atom stereocenters. The molecule has 1 fully saturated rings. The van der Waals surface area contributed by atoms with Gasteiger partial charge in [0.2, 0.25) is 6.79 Å². The van der Waals surface area contributed by atoms with Crippen molar-refractivity contribution >= 4 is 5.97 Å². The van der Waals surface area contributed by atoms with Crippen molar-refractivity contribution in [2.45, 2.75) is 58.0 Å². The Hall–Kier alpha value is -0.870. The molecule has 0 spiro atoms. The number of ether oxygens (including phenoxy) is 1. The van der Waals surface area contributed by atoms with Crippen LogP contribution in [0.2, 0.25) is 0 Å². The van der Waals surface area contributed by atoms with Gasteiger partial charge in [0.05, 0.1) is 0 Å². The SMILES string of the molecule is C=CC(=O)OCON1C(C)(C)CCCC1(C)C. The molecule has 4 heteroatoms. The zero-order chi connectivity index (χ0) is 13.1. The van der Waals surface area contributed by atoms with Gasteiger partial charge in [-0.2, -0.15) is 5.06 Å². The first kappa shape index (κ1) is 14.2. The number of hydrogen-bond acceptors (Lipinski definition) is 4. The normalized spacial score (nSPS) is 23.1. The highest BCUT2D eigenvalue weighted by Crippen LogP contribution is 2.38. The quantitative estimate of drug-likeness (QED) is 0.431. The Morgan fingerprint density at radius 2 is 1.82 bits per heavy atom. The highest BCUT2D eigenvalue weighted by atomic mass is 16.8. The maximum Gasteiger partial charge on any atom is 0.332 e. The second kappa shape index (κ2) is 5.19. The maximum atomic E-state index is 10.9.